The number of aromatic hydroxyl groups is 1. The van der Waals surface area contributed by atoms with Gasteiger partial charge in [0.15, 0.2) is 11.5 Å². The summed E-state index contributed by atoms with van der Waals surface area (Å²) in [5, 5.41) is 16.0. The lowest BCUT2D eigenvalue weighted by atomic mass is 10.2. The Kier molecular flexibility index (Phi) is 7.18. The second kappa shape index (κ2) is 9.81. The number of nitrogens with one attached hydrogen (secondary N) is 2. The number of nitrogens with zero attached hydrogens (tertiary/aromatic N) is 1. The standard InChI is InChI=1S/C19H21N3O5/c1-26-16-6-4-3-5-14(16)21-18(24)9-10-19(25)22-20-12-13-7-8-15(23)17(11-13)27-2/h3-8,11-12,23H,9-10H2,1-2H3,(H,21,24)(H,22,25)/b20-12-. The molecule has 2 aromatic carbocycles. The molecule has 0 aromatic heterocycles. The molecule has 2 aromatic rings. The Bertz CT molecular complexity index is 836. The van der Waals surface area contributed by atoms with E-state index in [-0.39, 0.29) is 24.5 Å². The molecule has 2 rings (SSSR count). The Morgan fingerprint density at radius 3 is 2.48 bits per heavy atom. The molecule has 0 heterocycles. The summed E-state index contributed by atoms with van der Waals surface area (Å²) in [6.45, 7) is 0. The molecule has 142 valence electrons. The summed E-state index contributed by atoms with van der Waals surface area (Å²) in [6.07, 6.45) is 1.40. The lowest BCUT2D eigenvalue weighted by Crippen LogP contribution is -2.20. The highest BCUT2D eigenvalue weighted by Crippen LogP contribution is 2.25. The Morgan fingerprint density at radius 1 is 1.04 bits per heavy atom. The van der Waals surface area contributed by atoms with Crippen LogP contribution in [0.4, 0.5) is 5.69 Å². The number of carbonyl (C=O) groups excluding carboxylic acids is 2. The molecule has 8 nitrogen and oxygen atoms in total. The smallest absolute Gasteiger partial charge is 0.240 e. The minimum absolute atomic E-state index is 0.00638. The molecule has 0 aliphatic heterocycles. The number of rotatable bonds is 8. The van der Waals surface area contributed by atoms with Crippen LogP contribution in [-0.4, -0.2) is 37.4 Å². The number of hydrazone groups is 1. The maximum absolute atomic E-state index is 12.0. The molecular weight excluding hydrogens is 350 g/mol. The number of ether oxygens (including phenoxy) is 2. The average Bonchev–Trinajstić information content (AvgIpc) is 2.68. The van der Waals surface area contributed by atoms with Crippen molar-refractivity contribution in [1.82, 2.24) is 5.43 Å². The zero-order valence-corrected chi connectivity index (χ0v) is 15.1. The van der Waals surface area contributed by atoms with Crippen LogP contribution in [-0.2, 0) is 9.59 Å². The summed E-state index contributed by atoms with van der Waals surface area (Å²) in [6, 6.07) is 11.7. The van der Waals surface area contributed by atoms with Crippen LogP contribution in [0.5, 0.6) is 17.2 Å². The van der Waals surface area contributed by atoms with Gasteiger partial charge in [-0.15, -0.1) is 0 Å². The van der Waals surface area contributed by atoms with Crippen molar-refractivity contribution in [2.75, 3.05) is 19.5 Å². The van der Waals surface area contributed by atoms with Gasteiger partial charge in [0.1, 0.15) is 5.75 Å². The van der Waals surface area contributed by atoms with E-state index in [0.717, 1.165) is 0 Å². The summed E-state index contributed by atoms with van der Waals surface area (Å²) in [5.74, 6) is 0.163. The third-order valence-corrected chi connectivity index (χ3v) is 3.57. The normalized spacial score (nSPS) is 10.4. The van der Waals surface area contributed by atoms with E-state index in [4.69, 9.17) is 9.47 Å². The quantitative estimate of drug-likeness (QED) is 0.487. The van der Waals surface area contributed by atoms with Gasteiger partial charge >= 0.3 is 0 Å². The molecule has 27 heavy (non-hydrogen) atoms. The number of phenolic OH excluding ortho intramolecular Hbond substituents is 1. The van der Waals surface area contributed by atoms with Crippen LogP contribution >= 0.6 is 0 Å². The fraction of sp³-hybridized carbons (Fsp3) is 0.211. The second-order valence-corrected chi connectivity index (χ2v) is 5.47. The van der Waals surface area contributed by atoms with Crippen LogP contribution in [0.1, 0.15) is 18.4 Å². The zero-order chi connectivity index (χ0) is 19.6. The third kappa shape index (κ3) is 6.03. The number of hydrogen-bond acceptors (Lipinski definition) is 6. The molecule has 0 saturated heterocycles. The molecule has 0 saturated carbocycles. The number of hydrogen-bond donors (Lipinski definition) is 3. The van der Waals surface area contributed by atoms with Crippen molar-refractivity contribution in [3.63, 3.8) is 0 Å². The number of amides is 2. The second-order valence-electron chi connectivity index (χ2n) is 5.47. The lowest BCUT2D eigenvalue weighted by Gasteiger charge is -2.09. The number of anilines is 1. The van der Waals surface area contributed by atoms with Gasteiger partial charge < -0.3 is 19.9 Å². The lowest BCUT2D eigenvalue weighted by molar-refractivity contribution is -0.124. The maximum Gasteiger partial charge on any atom is 0.240 e. The van der Waals surface area contributed by atoms with Crippen molar-refractivity contribution in [3.05, 3.63) is 48.0 Å². The van der Waals surface area contributed by atoms with Crippen molar-refractivity contribution >= 4 is 23.7 Å². The first-order valence-electron chi connectivity index (χ1n) is 8.15. The summed E-state index contributed by atoms with van der Waals surface area (Å²) in [5.41, 5.74) is 3.53. The molecule has 0 radical (unpaired) electrons. The highest BCUT2D eigenvalue weighted by atomic mass is 16.5. The van der Waals surface area contributed by atoms with E-state index in [9.17, 15) is 14.7 Å². The van der Waals surface area contributed by atoms with Gasteiger partial charge in [-0.05, 0) is 35.9 Å². The van der Waals surface area contributed by atoms with E-state index in [1.807, 2.05) is 0 Å². The van der Waals surface area contributed by atoms with Crippen LogP contribution in [0.25, 0.3) is 0 Å². The predicted molar refractivity (Wildman–Crippen MR) is 101 cm³/mol. The van der Waals surface area contributed by atoms with E-state index in [2.05, 4.69) is 15.8 Å². The zero-order valence-electron chi connectivity index (χ0n) is 15.1. The van der Waals surface area contributed by atoms with Gasteiger partial charge in [0, 0.05) is 12.8 Å². The predicted octanol–water partition coefficient (Wildman–Crippen LogP) is 2.28. The molecule has 3 N–H and O–H groups in total. The molecule has 0 atom stereocenters. The Labute approximate surface area is 156 Å². The van der Waals surface area contributed by atoms with Crippen LogP contribution in [0.3, 0.4) is 0 Å². The van der Waals surface area contributed by atoms with Crippen LogP contribution in [0, 0.1) is 0 Å². The fourth-order valence-electron chi connectivity index (χ4n) is 2.20. The Morgan fingerprint density at radius 2 is 1.74 bits per heavy atom. The van der Waals surface area contributed by atoms with Gasteiger partial charge in [0.2, 0.25) is 11.8 Å². The van der Waals surface area contributed by atoms with Crippen molar-refractivity contribution in [2.45, 2.75) is 12.8 Å². The molecular formula is C19H21N3O5. The molecule has 0 unspecified atom stereocenters. The average molecular weight is 371 g/mol. The topological polar surface area (TPSA) is 109 Å². The summed E-state index contributed by atoms with van der Waals surface area (Å²) < 4.78 is 10.1. The van der Waals surface area contributed by atoms with E-state index < -0.39 is 5.91 Å². The van der Waals surface area contributed by atoms with Crippen LogP contribution < -0.4 is 20.2 Å². The molecule has 0 fully saturated rings. The van der Waals surface area contributed by atoms with E-state index in [1.165, 1.54) is 26.5 Å². The molecule has 8 heteroatoms. The fourth-order valence-corrected chi connectivity index (χ4v) is 2.20. The minimum atomic E-state index is -0.396. The van der Waals surface area contributed by atoms with Crippen molar-refractivity contribution < 1.29 is 24.2 Å². The third-order valence-electron chi connectivity index (χ3n) is 3.57. The Hall–Kier alpha value is -3.55. The first-order chi connectivity index (χ1) is 13.0. The van der Waals surface area contributed by atoms with Crippen molar-refractivity contribution in [3.8, 4) is 17.2 Å². The largest absolute Gasteiger partial charge is 0.504 e. The van der Waals surface area contributed by atoms with Gasteiger partial charge in [-0.1, -0.05) is 12.1 Å². The molecule has 0 aliphatic rings. The van der Waals surface area contributed by atoms with Gasteiger partial charge in [0.25, 0.3) is 0 Å². The SMILES string of the molecule is COc1cc(/C=N\NC(=O)CCC(=O)Nc2ccccc2OC)ccc1O. The molecule has 0 spiro atoms. The number of para-hydroxylation sites is 2. The number of methoxy groups -OCH3 is 2. The van der Waals surface area contributed by atoms with Crippen LogP contribution in [0.2, 0.25) is 0 Å². The monoisotopic (exact) mass is 371 g/mol. The first kappa shape index (κ1) is 19.8. The first-order valence-corrected chi connectivity index (χ1v) is 8.15. The van der Waals surface area contributed by atoms with Gasteiger partial charge in [0.05, 0.1) is 26.1 Å². The summed E-state index contributed by atoms with van der Waals surface area (Å²) in [7, 11) is 2.95. The molecule has 2 amide bonds. The number of benzene rings is 2. The van der Waals surface area contributed by atoms with Gasteiger partial charge in [-0.3, -0.25) is 9.59 Å². The van der Waals surface area contributed by atoms with Crippen LogP contribution in [0.15, 0.2) is 47.6 Å². The summed E-state index contributed by atoms with van der Waals surface area (Å²) >= 11 is 0. The number of carbonyl (C=O) groups is 2. The molecule has 0 bridgehead atoms. The van der Waals surface area contributed by atoms with E-state index in [1.54, 1.807) is 36.4 Å². The molecule has 0 aliphatic carbocycles. The van der Waals surface area contributed by atoms with E-state index in [0.29, 0.717) is 22.7 Å². The Balaban J connectivity index is 1.79. The van der Waals surface area contributed by atoms with Crippen molar-refractivity contribution in [1.29, 1.82) is 0 Å². The van der Waals surface area contributed by atoms with Crippen molar-refractivity contribution in [2.24, 2.45) is 5.10 Å². The highest BCUT2D eigenvalue weighted by Gasteiger charge is 2.09. The van der Waals surface area contributed by atoms with Gasteiger partial charge in [-0.25, -0.2) is 5.43 Å². The highest BCUT2D eigenvalue weighted by molar-refractivity contribution is 5.94. The minimum Gasteiger partial charge on any atom is -0.504 e. The summed E-state index contributed by atoms with van der Waals surface area (Å²) in [4.78, 5) is 23.8. The van der Waals surface area contributed by atoms with E-state index >= 15 is 0 Å². The maximum atomic E-state index is 12.0. The van der Waals surface area contributed by atoms with Gasteiger partial charge in [-0.2, -0.15) is 5.10 Å². The number of phenols is 1.